The van der Waals surface area contributed by atoms with E-state index in [-0.39, 0.29) is 11.1 Å². The van der Waals surface area contributed by atoms with Gasteiger partial charge in [-0.2, -0.15) is 0 Å². The van der Waals surface area contributed by atoms with Crippen LogP contribution < -0.4 is 5.32 Å². The van der Waals surface area contributed by atoms with Crippen LogP contribution in [0.15, 0.2) is 0 Å². The van der Waals surface area contributed by atoms with Gasteiger partial charge in [-0.25, -0.2) is 0 Å². The van der Waals surface area contributed by atoms with Crippen molar-refractivity contribution in [1.82, 2.24) is 5.32 Å². The molecule has 0 aromatic heterocycles. The maximum Gasteiger partial charge on any atom is 0.0838 e. The van der Waals surface area contributed by atoms with E-state index in [1.807, 2.05) is 0 Å². The number of hydrogen-bond acceptors (Lipinski definition) is 3. The van der Waals surface area contributed by atoms with Gasteiger partial charge in [0.05, 0.1) is 18.3 Å². The van der Waals surface area contributed by atoms with Crippen LogP contribution in [0.1, 0.15) is 52.9 Å². The van der Waals surface area contributed by atoms with E-state index in [4.69, 9.17) is 9.47 Å². The molecule has 17 heavy (non-hydrogen) atoms. The molecule has 0 aromatic carbocycles. The van der Waals surface area contributed by atoms with E-state index in [1.165, 1.54) is 25.7 Å². The Hall–Kier alpha value is -0.120. The second-order valence-corrected chi connectivity index (χ2v) is 6.60. The molecule has 1 saturated carbocycles. The summed E-state index contributed by atoms with van der Waals surface area (Å²) >= 11 is 0. The molecule has 1 aliphatic carbocycles. The van der Waals surface area contributed by atoms with Crippen molar-refractivity contribution in [1.29, 1.82) is 0 Å². The zero-order valence-corrected chi connectivity index (χ0v) is 11.6. The minimum Gasteiger partial charge on any atom is -0.379 e. The van der Waals surface area contributed by atoms with Gasteiger partial charge in [0.1, 0.15) is 0 Å². The number of nitrogens with one attached hydrogen (secondary N) is 1. The van der Waals surface area contributed by atoms with E-state index in [2.05, 4.69) is 26.1 Å². The number of rotatable bonds is 4. The summed E-state index contributed by atoms with van der Waals surface area (Å²) in [6.07, 6.45) is 6.41. The van der Waals surface area contributed by atoms with Gasteiger partial charge in [0, 0.05) is 18.7 Å². The monoisotopic (exact) mass is 241 g/mol. The lowest BCUT2D eigenvalue weighted by Crippen LogP contribution is -2.49. The Morgan fingerprint density at radius 2 is 2.00 bits per heavy atom. The quantitative estimate of drug-likeness (QED) is 0.820. The third kappa shape index (κ3) is 3.94. The highest BCUT2D eigenvalue weighted by molar-refractivity contribution is 4.92. The van der Waals surface area contributed by atoms with Crippen molar-refractivity contribution in [2.75, 3.05) is 19.8 Å². The van der Waals surface area contributed by atoms with Crippen molar-refractivity contribution >= 4 is 0 Å². The average molecular weight is 241 g/mol. The molecule has 1 heterocycles. The number of ether oxygens (including phenoxy) is 2. The van der Waals surface area contributed by atoms with E-state index >= 15 is 0 Å². The molecule has 0 amide bonds. The van der Waals surface area contributed by atoms with Crippen LogP contribution >= 0.6 is 0 Å². The van der Waals surface area contributed by atoms with Crippen molar-refractivity contribution in [3.05, 3.63) is 0 Å². The number of hydrogen-bond donors (Lipinski definition) is 1. The van der Waals surface area contributed by atoms with Crippen molar-refractivity contribution in [3.63, 3.8) is 0 Å². The van der Waals surface area contributed by atoms with Crippen LogP contribution in [0.2, 0.25) is 0 Å². The molecule has 1 aliphatic heterocycles. The lowest BCUT2D eigenvalue weighted by atomic mass is 9.99. The Morgan fingerprint density at radius 1 is 1.29 bits per heavy atom. The zero-order valence-electron chi connectivity index (χ0n) is 11.6. The Bertz CT molecular complexity index is 235. The summed E-state index contributed by atoms with van der Waals surface area (Å²) in [6.45, 7) is 9.29. The van der Waals surface area contributed by atoms with Gasteiger partial charge in [-0.05, 0) is 40.0 Å². The minimum absolute atomic E-state index is 0.0750. The van der Waals surface area contributed by atoms with Crippen molar-refractivity contribution in [3.8, 4) is 0 Å². The lowest BCUT2D eigenvalue weighted by Gasteiger charge is -2.35. The SMILES string of the molecule is CC(C)(C)NCC1(OC2CCOC2)CCCC1. The highest BCUT2D eigenvalue weighted by atomic mass is 16.6. The molecule has 2 aliphatic rings. The minimum atomic E-state index is 0.0750. The Balaban J connectivity index is 1.89. The molecule has 2 rings (SSSR count). The molecule has 0 spiro atoms. The van der Waals surface area contributed by atoms with Gasteiger partial charge < -0.3 is 14.8 Å². The van der Waals surface area contributed by atoms with Gasteiger partial charge in [-0.1, -0.05) is 12.8 Å². The largest absolute Gasteiger partial charge is 0.379 e. The first kappa shape index (κ1) is 13.3. The average Bonchev–Trinajstić information content (AvgIpc) is 2.87. The molecule has 3 nitrogen and oxygen atoms in total. The molecule has 100 valence electrons. The van der Waals surface area contributed by atoms with Crippen LogP contribution in [-0.2, 0) is 9.47 Å². The Morgan fingerprint density at radius 3 is 2.53 bits per heavy atom. The summed E-state index contributed by atoms with van der Waals surface area (Å²) in [7, 11) is 0. The summed E-state index contributed by atoms with van der Waals surface area (Å²) in [6, 6.07) is 0. The molecule has 1 atom stereocenters. The maximum absolute atomic E-state index is 6.37. The molecule has 0 aromatic rings. The molecule has 0 radical (unpaired) electrons. The second kappa shape index (κ2) is 5.25. The fourth-order valence-corrected chi connectivity index (χ4v) is 2.74. The predicted octanol–water partition coefficient (Wildman–Crippen LogP) is 2.49. The zero-order chi connectivity index (χ0) is 12.4. The van der Waals surface area contributed by atoms with E-state index in [0.29, 0.717) is 6.10 Å². The van der Waals surface area contributed by atoms with E-state index in [1.54, 1.807) is 0 Å². The topological polar surface area (TPSA) is 30.5 Å². The molecule has 1 unspecified atom stereocenters. The molecular weight excluding hydrogens is 214 g/mol. The van der Waals surface area contributed by atoms with Gasteiger partial charge in [0.25, 0.3) is 0 Å². The maximum atomic E-state index is 6.37. The normalized spacial score (nSPS) is 28.8. The molecule has 1 N–H and O–H groups in total. The third-order valence-corrected chi connectivity index (χ3v) is 3.76. The van der Waals surface area contributed by atoms with Crippen LogP contribution in [0.3, 0.4) is 0 Å². The second-order valence-electron chi connectivity index (χ2n) is 6.60. The smallest absolute Gasteiger partial charge is 0.0838 e. The van der Waals surface area contributed by atoms with Gasteiger partial charge in [0.2, 0.25) is 0 Å². The molecule has 3 heteroatoms. The van der Waals surface area contributed by atoms with Crippen LogP contribution in [0.25, 0.3) is 0 Å². The first-order chi connectivity index (χ1) is 7.99. The molecule has 1 saturated heterocycles. The van der Waals surface area contributed by atoms with Crippen molar-refractivity contribution in [2.45, 2.75) is 70.1 Å². The van der Waals surface area contributed by atoms with Crippen LogP contribution in [-0.4, -0.2) is 37.0 Å². The summed E-state index contributed by atoms with van der Waals surface area (Å²) in [4.78, 5) is 0. The lowest BCUT2D eigenvalue weighted by molar-refractivity contribution is -0.0909. The fraction of sp³-hybridized carbons (Fsp3) is 1.00. The summed E-state index contributed by atoms with van der Waals surface area (Å²) in [5, 5.41) is 3.61. The summed E-state index contributed by atoms with van der Waals surface area (Å²) in [5.74, 6) is 0. The Kier molecular flexibility index (Phi) is 4.11. The highest BCUT2D eigenvalue weighted by Crippen LogP contribution is 2.35. The van der Waals surface area contributed by atoms with Crippen molar-refractivity contribution < 1.29 is 9.47 Å². The molecule has 2 fully saturated rings. The van der Waals surface area contributed by atoms with Gasteiger partial charge in [-0.3, -0.25) is 0 Å². The predicted molar refractivity (Wildman–Crippen MR) is 69.3 cm³/mol. The standard InChI is InChI=1S/C14H27NO2/c1-13(2,3)15-11-14(7-4-5-8-14)17-12-6-9-16-10-12/h12,15H,4-11H2,1-3H3. The van der Waals surface area contributed by atoms with Gasteiger partial charge >= 0.3 is 0 Å². The van der Waals surface area contributed by atoms with Crippen LogP contribution in [0.5, 0.6) is 0 Å². The molecular formula is C14H27NO2. The molecule has 0 bridgehead atoms. The third-order valence-electron chi connectivity index (χ3n) is 3.76. The highest BCUT2D eigenvalue weighted by Gasteiger charge is 2.38. The van der Waals surface area contributed by atoms with Crippen molar-refractivity contribution in [2.24, 2.45) is 0 Å². The van der Waals surface area contributed by atoms with Gasteiger partial charge in [0.15, 0.2) is 0 Å². The summed E-state index contributed by atoms with van der Waals surface area (Å²) < 4.78 is 11.8. The van der Waals surface area contributed by atoms with E-state index in [0.717, 1.165) is 26.2 Å². The van der Waals surface area contributed by atoms with E-state index < -0.39 is 0 Å². The van der Waals surface area contributed by atoms with Gasteiger partial charge in [-0.15, -0.1) is 0 Å². The first-order valence-corrected chi connectivity index (χ1v) is 7.00. The van der Waals surface area contributed by atoms with Crippen LogP contribution in [0.4, 0.5) is 0 Å². The Labute approximate surface area is 105 Å². The first-order valence-electron chi connectivity index (χ1n) is 7.00. The van der Waals surface area contributed by atoms with E-state index in [9.17, 15) is 0 Å². The van der Waals surface area contributed by atoms with Crippen LogP contribution in [0, 0.1) is 0 Å². The summed E-state index contributed by atoms with van der Waals surface area (Å²) in [5.41, 5.74) is 0.247. The fourth-order valence-electron chi connectivity index (χ4n) is 2.74.